The number of halogens is 2. The fourth-order valence-electron chi connectivity index (χ4n) is 0.0668. The lowest BCUT2D eigenvalue weighted by Crippen LogP contribution is -1.29. The topological polar surface area (TPSA) is 0 Å². The lowest BCUT2D eigenvalue weighted by Gasteiger charge is -1.60. The van der Waals surface area contributed by atoms with E-state index in [9.17, 15) is 0 Å². The number of hydrogen-bond donors (Lipinski definition) is 0. The molecule has 0 aromatic heterocycles. The Balaban J connectivity index is 4.13. The van der Waals surface area contributed by atoms with Gasteiger partial charge in [0.1, 0.15) is 3.39 Å². The molecule has 0 saturated carbocycles. The van der Waals surface area contributed by atoms with Crippen LogP contribution in [0.2, 0.25) is 0 Å². The Labute approximate surface area is 53.5 Å². The summed E-state index contributed by atoms with van der Waals surface area (Å²) in [6, 6.07) is 0. The molecule has 0 aromatic rings. The molecule has 32 valence electrons. The van der Waals surface area contributed by atoms with Crippen molar-refractivity contribution in [2.24, 2.45) is 0 Å². The van der Waals surface area contributed by atoms with Crippen LogP contribution in [-0.4, -0.2) is 0 Å². The van der Waals surface area contributed by atoms with Gasteiger partial charge in [-0.1, -0.05) is 5.73 Å². The van der Waals surface area contributed by atoms with E-state index in [0.717, 1.165) is 3.39 Å². The smallest absolute Gasteiger partial charge is 0.0764 e. The second-order valence-electron chi connectivity index (χ2n) is 0.562. The summed E-state index contributed by atoms with van der Waals surface area (Å²) in [5.41, 5.74) is 5.03. The molecule has 0 amide bonds. The van der Waals surface area contributed by atoms with E-state index in [1.54, 1.807) is 0 Å². The van der Waals surface area contributed by atoms with Gasteiger partial charge in [-0.05, 0) is 44.2 Å². The highest BCUT2D eigenvalue weighted by atomic mass is 79.9. The van der Waals surface area contributed by atoms with Crippen LogP contribution < -0.4 is 0 Å². The van der Waals surface area contributed by atoms with Gasteiger partial charge in [0.25, 0.3) is 0 Å². The molecule has 0 heterocycles. The maximum Gasteiger partial charge on any atom is 0.110 e. The van der Waals surface area contributed by atoms with Crippen molar-refractivity contribution in [1.82, 2.24) is 0 Å². The minimum atomic E-state index is 0.741. The van der Waals surface area contributed by atoms with E-state index in [4.69, 9.17) is 0 Å². The zero-order valence-corrected chi connectivity index (χ0v) is 6.14. The highest BCUT2D eigenvalue weighted by Gasteiger charge is 1.66. The van der Waals surface area contributed by atoms with Gasteiger partial charge in [-0.2, -0.15) is 0 Å². The van der Waals surface area contributed by atoms with Crippen molar-refractivity contribution in [3.8, 4) is 0 Å². The van der Waals surface area contributed by atoms with Gasteiger partial charge < -0.3 is 0 Å². The third kappa shape index (κ3) is 4.26. The molecule has 0 unspecified atom stereocenters. The van der Waals surface area contributed by atoms with Crippen molar-refractivity contribution in [2.45, 2.75) is 0 Å². The molecular weight excluding hydrogens is 208 g/mol. The molecule has 0 fully saturated rings. The molecule has 0 spiro atoms. The second-order valence-corrected chi connectivity index (χ2v) is 3.21. The molecule has 0 rings (SSSR count). The van der Waals surface area contributed by atoms with E-state index in [1.165, 1.54) is 0 Å². The molecule has 0 aliphatic heterocycles. The third-order valence-electron chi connectivity index (χ3n) is 0.183. The van der Waals surface area contributed by atoms with E-state index >= 15 is 0 Å². The number of rotatable bonds is 0. The van der Waals surface area contributed by atoms with E-state index in [-0.39, 0.29) is 0 Å². The van der Waals surface area contributed by atoms with Gasteiger partial charge in [-0.15, -0.1) is 0 Å². The van der Waals surface area contributed by atoms with Crippen molar-refractivity contribution < 1.29 is 0 Å². The molecule has 0 aliphatic rings. The van der Waals surface area contributed by atoms with Crippen LogP contribution in [0.1, 0.15) is 0 Å². The molecule has 0 saturated heterocycles. The van der Waals surface area contributed by atoms with Crippen LogP contribution in [0.25, 0.3) is 0 Å². The van der Waals surface area contributed by atoms with Gasteiger partial charge in [0.05, 0.1) is 0 Å². The highest BCUT2D eigenvalue weighted by molar-refractivity contribution is 9.28. The summed E-state index contributed by atoms with van der Waals surface area (Å²) in [6.07, 6.45) is 0. The molecule has 0 bridgehead atoms. The quantitative estimate of drug-likeness (QED) is 0.539. The summed E-state index contributed by atoms with van der Waals surface area (Å²) >= 11 is 6.11. The van der Waals surface area contributed by atoms with Gasteiger partial charge in [0, 0.05) is 0 Å². The Bertz CT molecular complexity index is 110. The van der Waals surface area contributed by atoms with Crippen LogP contribution >= 0.6 is 31.9 Å². The zero-order chi connectivity index (χ0) is 4.99. The molecule has 0 aromatic carbocycles. The van der Waals surface area contributed by atoms with Crippen molar-refractivity contribution in [1.29, 1.82) is 0 Å². The summed E-state index contributed by atoms with van der Waals surface area (Å²) in [7, 11) is 0. The monoisotopic (exact) mass is 208 g/mol. The van der Waals surface area contributed by atoms with Gasteiger partial charge >= 0.3 is 0 Å². The van der Waals surface area contributed by atoms with Crippen LogP contribution in [0.4, 0.5) is 0 Å². The molecule has 0 atom stereocenters. The van der Waals surface area contributed by atoms with Crippen LogP contribution in [0, 0.1) is 0 Å². The van der Waals surface area contributed by atoms with Crippen molar-refractivity contribution in [3.63, 3.8) is 0 Å². The summed E-state index contributed by atoms with van der Waals surface area (Å²) in [4.78, 5) is 0. The fraction of sp³-hybridized carbons (Fsp3) is 0. The Morgan fingerprint density at radius 1 is 1.50 bits per heavy atom. The van der Waals surface area contributed by atoms with Crippen molar-refractivity contribution >= 4 is 31.9 Å². The van der Waals surface area contributed by atoms with Gasteiger partial charge in [0.2, 0.25) is 0 Å². The highest BCUT2D eigenvalue weighted by Crippen LogP contribution is 2.08. The normalized spacial score (nSPS) is 5.67. The molecule has 0 N–H and O–H groups in total. The maximum absolute atomic E-state index is 3.28. The first-order valence-corrected chi connectivity index (χ1v) is 2.82. The Morgan fingerprint density at radius 2 is 2.00 bits per heavy atom. The summed E-state index contributed by atoms with van der Waals surface area (Å²) in [6.45, 7) is 3.28. The summed E-state index contributed by atoms with van der Waals surface area (Å²) in [5.74, 6) is 0. The van der Waals surface area contributed by atoms with Gasteiger partial charge in [-0.25, -0.2) is 0 Å². The van der Waals surface area contributed by atoms with Crippen molar-refractivity contribution in [2.75, 3.05) is 0 Å². The van der Waals surface area contributed by atoms with E-state index in [1.807, 2.05) is 0 Å². The molecule has 0 aliphatic carbocycles. The molecule has 6 heavy (non-hydrogen) atoms. The van der Waals surface area contributed by atoms with Crippen LogP contribution in [-0.2, 0) is 0 Å². The predicted octanol–water partition coefficient (Wildman–Crippen LogP) is 2.56. The van der Waals surface area contributed by atoms with E-state index < -0.39 is 0 Å². The lowest BCUT2D eigenvalue weighted by atomic mass is 10.9. The van der Waals surface area contributed by atoms with Crippen LogP contribution in [0.5, 0.6) is 0 Å². The molecular formula is C4H2Br2. The zero-order valence-electron chi connectivity index (χ0n) is 2.96. The average molecular weight is 210 g/mol. The predicted molar refractivity (Wildman–Crippen MR) is 34.0 cm³/mol. The number of hydrogen-bond acceptors (Lipinski definition) is 0. The Morgan fingerprint density at radius 3 is 2.00 bits per heavy atom. The van der Waals surface area contributed by atoms with Gasteiger partial charge in [0.15, 0.2) is 0 Å². The first-order valence-electron chi connectivity index (χ1n) is 1.23. The fourth-order valence-corrected chi connectivity index (χ4v) is 0.347. The SMILES string of the molecule is C=C=C=C(Br)Br. The van der Waals surface area contributed by atoms with Crippen LogP contribution in [0.3, 0.4) is 0 Å². The minimum absolute atomic E-state index is 0.741. The first kappa shape index (κ1) is 6.26. The molecule has 0 radical (unpaired) electrons. The standard InChI is InChI=1S/C4H2Br2/c1-2-3-4(5)6/h1H2. The molecule has 0 nitrogen and oxygen atoms in total. The first-order chi connectivity index (χ1) is 2.77. The Hall–Kier alpha value is 0.260. The summed E-state index contributed by atoms with van der Waals surface area (Å²) < 4.78 is 0.741. The van der Waals surface area contributed by atoms with Crippen LogP contribution in [0.15, 0.2) is 21.4 Å². The second kappa shape index (κ2) is 3.45. The van der Waals surface area contributed by atoms with E-state index in [2.05, 4.69) is 49.9 Å². The maximum atomic E-state index is 3.28. The van der Waals surface area contributed by atoms with Crippen molar-refractivity contribution in [3.05, 3.63) is 21.4 Å². The largest absolute Gasteiger partial charge is 0.110 e. The van der Waals surface area contributed by atoms with Gasteiger partial charge in [-0.3, -0.25) is 0 Å². The Kier molecular flexibility index (Phi) is 3.60. The third-order valence-corrected chi connectivity index (χ3v) is 0.579. The summed E-state index contributed by atoms with van der Waals surface area (Å²) in [5, 5.41) is 0. The lowest BCUT2D eigenvalue weighted by molar-refractivity contribution is 2.32. The molecule has 2 heteroatoms. The van der Waals surface area contributed by atoms with E-state index in [0.29, 0.717) is 0 Å². The average Bonchev–Trinajstić information content (AvgIpc) is 1.35. The minimum Gasteiger partial charge on any atom is -0.0764 e.